The predicted molar refractivity (Wildman–Crippen MR) is 99.3 cm³/mol. The Kier molecular flexibility index (Phi) is 4.40. The molecular weight excluding hydrogens is 296 g/mol. The SMILES string of the molecule is Cc1ccc2ncnc(NC3CCC(NC(C)C4CC4)CC3)c2c1. The summed E-state index contributed by atoms with van der Waals surface area (Å²) in [6.07, 6.45) is 9.47. The topological polar surface area (TPSA) is 49.8 Å². The molecule has 2 fully saturated rings. The monoisotopic (exact) mass is 324 g/mol. The van der Waals surface area contributed by atoms with Crippen molar-refractivity contribution in [1.82, 2.24) is 15.3 Å². The summed E-state index contributed by atoms with van der Waals surface area (Å²) < 4.78 is 0. The van der Waals surface area contributed by atoms with E-state index < -0.39 is 0 Å². The van der Waals surface area contributed by atoms with Crippen LogP contribution in [0.5, 0.6) is 0 Å². The standard InChI is InChI=1S/C20H28N4/c1-13-3-10-19-18(11-13)20(22-12-21-19)24-17-8-6-16(7-9-17)23-14(2)15-4-5-15/h3,10-12,14-17,23H,4-9H2,1-2H3,(H,21,22,24). The first-order chi connectivity index (χ1) is 11.7. The molecule has 0 spiro atoms. The molecule has 2 N–H and O–H groups in total. The minimum Gasteiger partial charge on any atom is -0.367 e. The fourth-order valence-corrected chi connectivity index (χ4v) is 3.99. The minimum absolute atomic E-state index is 0.526. The Bertz CT molecular complexity index is 702. The van der Waals surface area contributed by atoms with E-state index >= 15 is 0 Å². The van der Waals surface area contributed by atoms with Crippen LogP contribution < -0.4 is 10.6 Å². The van der Waals surface area contributed by atoms with E-state index in [0.717, 1.165) is 22.6 Å². The third-order valence-electron chi connectivity index (χ3n) is 5.69. The van der Waals surface area contributed by atoms with Crippen molar-refractivity contribution in [3.63, 3.8) is 0 Å². The Morgan fingerprint density at radius 3 is 2.50 bits per heavy atom. The molecule has 2 aliphatic carbocycles. The highest BCUT2D eigenvalue weighted by atomic mass is 15.0. The quantitative estimate of drug-likeness (QED) is 0.871. The Balaban J connectivity index is 1.37. The maximum absolute atomic E-state index is 4.50. The molecule has 1 atom stereocenters. The van der Waals surface area contributed by atoms with E-state index in [2.05, 4.69) is 52.6 Å². The van der Waals surface area contributed by atoms with Crippen LogP contribution in [-0.2, 0) is 0 Å². The highest BCUT2D eigenvalue weighted by molar-refractivity contribution is 5.89. The van der Waals surface area contributed by atoms with Crippen molar-refractivity contribution >= 4 is 16.7 Å². The minimum atomic E-state index is 0.526. The normalized spacial score (nSPS) is 25.6. The molecular formula is C20H28N4. The van der Waals surface area contributed by atoms with Gasteiger partial charge >= 0.3 is 0 Å². The highest BCUT2D eigenvalue weighted by Gasteiger charge is 2.30. The Labute approximate surface area is 144 Å². The molecule has 4 heteroatoms. The summed E-state index contributed by atoms with van der Waals surface area (Å²) in [7, 11) is 0. The molecule has 128 valence electrons. The number of rotatable bonds is 5. The lowest BCUT2D eigenvalue weighted by atomic mass is 9.90. The first-order valence-corrected chi connectivity index (χ1v) is 9.43. The second-order valence-electron chi connectivity index (χ2n) is 7.73. The number of nitrogens with zero attached hydrogens (tertiary/aromatic N) is 2. The van der Waals surface area contributed by atoms with E-state index in [1.807, 2.05) is 0 Å². The third-order valence-corrected chi connectivity index (χ3v) is 5.69. The fourth-order valence-electron chi connectivity index (χ4n) is 3.99. The zero-order valence-electron chi connectivity index (χ0n) is 14.8. The van der Waals surface area contributed by atoms with Gasteiger partial charge in [0, 0.05) is 23.5 Å². The smallest absolute Gasteiger partial charge is 0.137 e. The molecule has 0 amide bonds. The predicted octanol–water partition coefficient (Wildman–Crippen LogP) is 4.05. The highest BCUT2D eigenvalue weighted by Crippen LogP contribution is 2.33. The number of fused-ring (bicyclic) bond motifs is 1. The van der Waals surface area contributed by atoms with Crippen LogP contribution in [0.2, 0.25) is 0 Å². The van der Waals surface area contributed by atoms with Crippen LogP contribution in [0.4, 0.5) is 5.82 Å². The molecule has 0 radical (unpaired) electrons. The van der Waals surface area contributed by atoms with E-state index in [9.17, 15) is 0 Å². The van der Waals surface area contributed by atoms with Crippen molar-refractivity contribution in [2.45, 2.75) is 70.5 Å². The lowest BCUT2D eigenvalue weighted by molar-refractivity contribution is 0.317. The second kappa shape index (κ2) is 6.67. The molecule has 1 unspecified atom stereocenters. The fraction of sp³-hybridized carbons (Fsp3) is 0.600. The lowest BCUT2D eigenvalue weighted by Crippen LogP contribution is -2.42. The van der Waals surface area contributed by atoms with Gasteiger partial charge in [-0.1, -0.05) is 11.6 Å². The van der Waals surface area contributed by atoms with Crippen LogP contribution in [0.3, 0.4) is 0 Å². The molecule has 0 saturated heterocycles. The van der Waals surface area contributed by atoms with Crippen LogP contribution in [0, 0.1) is 12.8 Å². The van der Waals surface area contributed by atoms with Gasteiger partial charge < -0.3 is 10.6 Å². The Morgan fingerprint density at radius 2 is 1.75 bits per heavy atom. The average Bonchev–Trinajstić information content (AvgIpc) is 3.42. The lowest BCUT2D eigenvalue weighted by Gasteiger charge is -2.32. The average molecular weight is 324 g/mol. The van der Waals surface area contributed by atoms with Crippen molar-refractivity contribution in [1.29, 1.82) is 0 Å². The second-order valence-corrected chi connectivity index (χ2v) is 7.73. The van der Waals surface area contributed by atoms with Crippen molar-refractivity contribution in [2.24, 2.45) is 5.92 Å². The van der Waals surface area contributed by atoms with Gasteiger partial charge in [-0.25, -0.2) is 9.97 Å². The van der Waals surface area contributed by atoms with Crippen molar-refractivity contribution in [2.75, 3.05) is 5.32 Å². The molecule has 0 bridgehead atoms. The van der Waals surface area contributed by atoms with Gasteiger partial charge in [-0.3, -0.25) is 0 Å². The number of benzene rings is 1. The summed E-state index contributed by atoms with van der Waals surface area (Å²) in [5.74, 6) is 1.93. The number of nitrogens with one attached hydrogen (secondary N) is 2. The van der Waals surface area contributed by atoms with Gasteiger partial charge in [0.2, 0.25) is 0 Å². The van der Waals surface area contributed by atoms with Gasteiger partial charge in [0.15, 0.2) is 0 Å². The van der Waals surface area contributed by atoms with E-state index in [1.165, 1.54) is 44.1 Å². The van der Waals surface area contributed by atoms with Crippen LogP contribution >= 0.6 is 0 Å². The zero-order valence-corrected chi connectivity index (χ0v) is 14.8. The van der Waals surface area contributed by atoms with Gasteiger partial charge in [0.25, 0.3) is 0 Å². The first-order valence-electron chi connectivity index (χ1n) is 9.43. The van der Waals surface area contributed by atoms with Crippen molar-refractivity contribution in [3.05, 3.63) is 30.1 Å². The van der Waals surface area contributed by atoms with Gasteiger partial charge in [-0.2, -0.15) is 0 Å². The van der Waals surface area contributed by atoms with Gasteiger partial charge in [-0.05, 0) is 70.4 Å². The van der Waals surface area contributed by atoms with Gasteiger partial charge in [0.1, 0.15) is 12.1 Å². The number of aromatic nitrogens is 2. The van der Waals surface area contributed by atoms with Crippen LogP contribution in [0.1, 0.15) is 51.0 Å². The number of aryl methyl sites for hydroxylation is 1. The van der Waals surface area contributed by atoms with Crippen LogP contribution in [0.25, 0.3) is 10.9 Å². The van der Waals surface area contributed by atoms with Gasteiger partial charge in [0.05, 0.1) is 5.52 Å². The number of anilines is 1. The zero-order chi connectivity index (χ0) is 16.5. The van der Waals surface area contributed by atoms with E-state index in [-0.39, 0.29) is 0 Å². The number of hydrogen-bond acceptors (Lipinski definition) is 4. The third kappa shape index (κ3) is 3.54. The van der Waals surface area contributed by atoms with E-state index in [1.54, 1.807) is 6.33 Å². The van der Waals surface area contributed by atoms with Gasteiger partial charge in [-0.15, -0.1) is 0 Å². The largest absolute Gasteiger partial charge is 0.367 e. The molecule has 1 aromatic heterocycles. The molecule has 2 saturated carbocycles. The van der Waals surface area contributed by atoms with Crippen LogP contribution in [0.15, 0.2) is 24.5 Å². The molecule has 24 heavy (non-hydrogen) atoms. The molecule has 2 aromatic rings. The molecule has 4 nitrogen and oxygen atoms in total. The van der Waals surface area contributed by atoms with Crippen molar-refractivity contribution < 1.29 is 0 Å². The van der Waals surface area contributed by atoms with Crippen LogP contribution in [-0.4, -0.2) is 28.1 Å². The van der Waals surface area contributed by atoms with Crippen molar-refractivity contribution in [3.8, 4) is 0 Å². The molecule has 1 aromatic carbocycles. The molecule has 0 aliphatic heterocycles. The Hall–Kier alpha value is -1.68. The summed E-state index contributed by atoms with van der Waals surface area (Å²) in [4.78, 5) is 8.89. The maximum Gasteiger partial charge on any atom is 0.137 e. The number of hydrogen-bond donors (Lipinski definition) is 2. The molecule has 2 aliphatic rings. The maximum atomic E-state index is 4.50. The summed E-state index contributed by atoms with van der Waals surface area (Å²) in [6, 6.07) is 8.30. The summed E-state index contributed by atoms with van der Waals surface area (Å²) in [6.45, 7) is 4.48. The summed E-state index contributed by atoms with van der Waals surface area (Å²) >= 11 is 0. The molecule has 1 heterocycles. The van der Waals surface area contributed by atoms with E-state index in [0.29, 0.717) is 18.1 Å². The molecule has 4 rings (SSSR count). The first kappa shape index (κ1) is 15.8. The summed E-state index contributed by atoms with van der Waals surface area (Å²) in [5, 5.41) is 8.67. The van der Waals surface area contributed by atoms with E-state index in [4.69, 9.17) is 0 Å². The summed E-state index contributed by atoms with van der Waals surface area (Å²) in [5.41, 5.74) is 2.27. The Morgan fingerprint density at radius 1 is 1.00 bits per heavy atom.